The van der Waals surface area contributed by atoms with Gasteiger partial charge in [0.25, 0.3) is 5.69 Å². The number of halogens is 1. The molecule has 0 aliphatic carbocycles. The zero-order chi connectivity index (χ0) is 14.4. The highest BCUT2D eigenvalue weighted by atomic mass is 127. The number of nitro groups is 1. The standard InChI is InChI=1S/C14H21IN2O2/c1-4-5-6-9-16(11(2)3)12-7-8-14(17(18)19)13(15)10-12/h7-8,10-11H,4-6,9H2,1-3H3. The minimum atomic E-state index is -0.331. The molecule has 106 valence electrons. The van der Waals surface area contributed by atoms with Gasteiger partial charge in [0.05, 0.1) is 8.49 Å². The van der Waals surface area contributed by atoms with E-state index in [1.165, 1.54) is 12.8 Å². The molecule has 1 aromatic carbocycles. The maximum Gasteiger partial charge on any atom is 0.282 e. The topological polar surface area (TPSA) is 46.4 Å². The van der Waals surface area contributed by atoms with Crippen molar-refractivity contribution in [2.24, 2.45) is 0 Å². The van der Waals surface area contributed by atoms with Crippen molar-refractivity contribution in [3.8, 4) is 0 Å². The van der Waals surface area contributed by atoms with E-state index in [2.05, 4.69) is 25.7 Å². The van der Waals surface area contributed by atoms with Crippen LogP contribution in [0.4, 0.5) is 11.4 Å². The summed E-state index contributed by atoms with van der Waals surface area (Å²) >= 11 is 2.03. The van der Waals surface area contributed by atoms with Crippen LogP contribution in [0, 0.1) is 13.7 Å². The maximum absolute atomic E-state index is 10.8. The predicted molar refractivity (Wildman–Crippen MR) is 87.8 cm³/mol. The van der Waals surface area contributed by atoms with Gasteiger partial charge in [0, 0.05) is 24.3 Å². The average molecular weight is 376 g/mol. The van der Waals surface area contributed by atoms with E-state index < -0.39 is 0 Å². The number of unbranched alkanes of at least 4 members (excludes halogenated alkanes) is 2. The third-order valence-corrected chi connectivity index (χ3v) is 3.95. The summed E-state index contributed by atoms with van der Waals surface area (Å²) in [5, 5.41) is 10.8. The van der Waals surface area contributed by atoms with E-state index >= 15 is 0 Å². The molecule has 0 heterocycles. The Kier molecular flexibility index (Phi) is 6.54. The monoisotopic (exact) mass is 376 g/mol. The third-order valence-electron chi connectivity index (χ3n) is 3.09. The Morgan fingerprint density at radius 3 is 2.53 bits per heavy atom. The summed E-state index contributed by atoms with van der Waals surface area (Å²) in [5.74, 6) is 0. The molecular weight excluding hydrogens is 355 g/mol. The van der Waals surface area contributed by atoms with Crippen molar-refractivity contribution in [1.82, 2.24) is 0 Å². The Bertz CT molecular complexity index is 435. The Morgan fingerprint density at radius 2 is 2.05 bits per heavy atom. The molecule has 0 saturated carbocycles. The van der Waals surface area contributed by atoms with E-state index in [4.69, 9.17) is 0 Å². The smallest absolute Gasteiger partial charge is 0.282 e. The summed E-state index contributed by atoms with van der Waals surface area (Å²) in [6.45, 7) is 7.49. The van der Waals surface area contributed by atoms with E-state index in [9.17, 15) is 10.1 Å². The molecule has 5 heteroatoms. The maximum atomic E-state index is 10.8. The van der Waals surface area contributed by atoms with Crippen LogP contribution in [-0.2, 0) is 0 Å². The lowest BCUT2D eigenvalue weighted by Crippen LogP contribution is -2.31. The molecular formula is C14H21IN2O2. The Hall–Kier alpha value is -0.850. The van der Waals surface area contributed by atoms with Gasteiger partial charge in [-0.3, -0.25) is 10.1 Å². The lowest BCUT2D eigenvalue weighted by Gasteiger charge is -2.29. The van der Waals surface area contributed by atoms with Gasteiger partial charge in [-0.25, -0.2) is 0 Å². The normalized spacial score (nSPS) is 10.8. The van der Waals surface area contributed by atoms with Crippen LogP contribution in [0.25, 0.3) is 0 Å². The number of hydrogen-bond donors (Lipinski definition) is 0. The van der Waals surface area contributed by atoms with E-state index in [0.29, 0.717) is 9.61 Å². The minimum Gasteiger partial charge on any atom is -0.369 e. The van der Waals surface area contributed by atoms with Gasteiger partial charge in [-0.1, -0.05) is 19.8 Å². The molecule has 0 radical (unpaired) electrons. The van der Waals surface area contributed by atoms with Crippen molar-refractivity contribution in [1.29, 1.82) is 0 Å². The number of nitro benzene ring substituents is 1. The molecule has 0 unspecified atom stereocenters. The van der Waals surface area contributed by atoms with Gasteiger partial charge >= 0.3 is 0 Å². The molecule has 4 nitrogen and oxygen atoms in total. The predicted octanol–water partition coefficient (Wildman–Crippen LogP) is 4.60. The summed E-state index contributed by atoms with van der Waals surface area (Å²) in [4.78, 5) is 12.8. The average Bonchev–Trinajstić information content (AvgIpc) is 2.33. The van der Waals surface area contributed by atoms with Crippen LogP contribution in [0.1, 0.15) is 40.0 Å². The van der Waals surface area contributed by atoms with Crippen molar-refractivity contribution < 1.29 is 4.92 Å². The second-order valence-corrected chi connectivity index (χ2v) is 6.05. The number of rotatable bonds is 7. The summed E-state index contributed by atoms with van der Waals surface area (Å²) in [5.41, 5.74) is 1.25. The van der Waals surface area contributed by atoms with E-state index in [-0.39, 0.29) is 10.6 Å². The Balaban J connectivity index is 2.90. The van der Waals surface area contributed by atoms with Crippen molar-refractivity contribution in [2.45, 2.75) is 46.1 Å². The van der Waals surface area contributed by atoms with Gasteiger partial charge < -0.3 is 4.90 Å². The van der Waals surface area contributed by atoms with Crippen LogP contribution in [0.15, 0.2) is 18.2 Å². The van der Waals surface area contributed by atoms with E-state index in [1.807, 2.05) is 34.7 Å². The first kappa shape index (κ1) is 16.2. The largest absolute Gasteiger partial charge is 0.369 e. The van der Waals surface area contributed by atoms with Crippen molar-refractivity contribution in [3.63, 3.8) is 0 Å². The van der Waals surface area contributed by atoms with Crippen molar-refractivity contribution in [2.75, 3.05) is 11.4 Å². The minimum absolute atomic E-state index is 0.182. The molecule has 0 aliphatic rings. The molecule has 0 saturated heterocycles. The summed E-state index contributed by atoms with van der Waals surface area (Å²) in [6, 6.07) is 5.76. The highest BCUT2D eigenvalue weighted by molar-refractivity contribution is 14.1. The number of hydrogen-bond acceptors (Lipinski definition) is 3. The van der Waals surface area contributed by atoms with E-state index in [1.54, 1.807) is 6.07 Å². The van der Waals surface area contributed by atoms with Crippen LogP contribution in [-0.4, -0.2) is 17.5 Å². The van der Waals surface area contributed by atoms with E-state index in [0.717, 1.165) is 18.7 Å². The first-order valence-electron chi connectivity index (χ1n) is 6.68. The summed E-state index contributed by atoms with van der Waals surface area (Å²) < 4.78 is 0.696. The highest BCUT2D eigenvalue weighted by Crippen LogP contribution is 2.27. The molecule has 0 amide bonds. The fourth-order valence-corrected chi connectivity index (χ4v) is 2.74. The molecule has 0 aliphatic heterocycles. The van der Waals surface area contributed by atoms with Crippen LogP contribution in [0.3, 0.4) is 0 Å². The quantitative estimate of drug-likeness (QED) is 0.302. The molecule has 0 N–H and O–H groups in total. The molecule has 19 heavy (non-hydrogen) atoms. The molecule has 0 fully saturated rings. The lowest BCUT2D eigenvalue weighted by molar-refractivity contribution is -0.385. The van der Waals surface area contributed by atoms with Crippen LogP contribution < -0.4 is 4.90 Å². The summed E-state index contributed by atoms with van der Waals surface area (Å²) in [7, 11) is 0. The third kappa shape index (κ3) is 4.63. The molecule has 0 spiro atoms. The second kappa shape index (κ2) is 7.67. The Labute approximate surface area is 128 Å². The van der Waals surface area contributed by atoms with Gasteiger partial charge in [-0.2, -0.15) is 0 Å². The zero-order valence-corrected chi connectivity index (χ0v) is 13.9. The van der Waals surface area contributed by atoms with Gasteiger partial charge in [0.1, 0.15) is 0 Å². The lowest BCUT2D eigenvalue weighted by atomic mass is 10.2. The Morgan fingerprint density at radius 1 is 1.37 bits per heavy atom. The summed E-state index contributed by atoms with van der Waals surface area (Å²) in [6.07, 6.45) is 3.57. The van der Waals surface area contributed by atoms with Gasteiger partial charge in [0.2, 0.25) is 0 Å². The van der Waals surface area contributed by atoms with Crippen LogP contribution in [0.2, 0.25) is 0 Å². The van der Waals surface area contributed by atoms with Gasteiger partial charge in [-0.15, -0.1) is 0 Å². The molecule has 0 bridgehead atoms. The fourth-order valence-electron chi connectivity index (χ4n) is 2.04. The highest BCUT2D eigenvalue weighted by Gasteiger charge is 2.16. The fraction of sp³-hybridized carbons (Fsp3) is 0.571. The molecule has 0 atom stereocenters. The zero-order valence-electron chi connectivity index (χ0n) is 11.7. The molecule has 0 aromatic heterocycles. The van der Waals surface area contributed by atoms with Crippen LogP contribution in [0.5, 0.6) is 0 Å². The van der Waals surface area contributed by atoms with Crippen molar-refractivity contribution in [3.05, 3.63) is 31.9 Å². The SMILES string of the molecule is CCCCCN(c1ccc([N+](=O)[O-])c(I)c1)C(C)C. The second-order valence-electron chi connectivity index (χ2n) is 4.89. The van der Waals surface area contributed by atoms with Crippen molar-refractivity contribution >= 4 is 34.0 Å². The number of benzene rings is 1. The van der Waals surface area contributed by atoms with Gasteiger partial charge in [0.15, 0.2) is 0 Å². The molecule has 1 aromatic rings. The van der Waals surface area contributed by atoms with Crippen LogP contribution >= 0.6 is 22.6 Å². The first-order valence-corrected chi connectivity index (χ1v) is 7.75. The number of anilines is 1. The number of nitrogens with zero attached hydrogens (tertiary/aromatic N) is 2. The molecule has 1 rings (SSSR count). The first-order chi connectivity index (χ1) is 8.97. The van der Waals surface area contributed by atoms with Gasteiger partial charge in [-0.05, 0) is 55.0 Å².